The number of rotatable bonds is 10. The summed E-state index contributed by atoms with van der Waals surface area (Å²) in [5.74, 6) is -6.99. The number of nitrogens with two attached hydrogens (primary N) is 1. The smallest absolute Gasteiger partial charge is 0.331 e. The minimum atomic E-state index is -3.04. The lowest BCUT2D eigenvalue weighted by molar-refractivity contribution is 0.0697. The molecule has 0 saturated heterocycles. The number of amides is 1. The second-order valence-corrected chi connectivity index (χ2v) is 11.0. The Bertz CT molecular complexity index is 1800. The zero-order valence-electron chi connectivity index (χ0n) is 24.5. The van der Waals surface area contributed by atoms with Crippen molar-refractivity contribution >= 4 is 29.4 Å². The number of benzene rings is 3. The highest BCUT2D eigenvalue weighted by Crippen LogP contribution is 2.38. The summed E-state index contributed by atoms with van der Waals surface area (Å²) in [7, 11) is 1.25. The Morgan fingerprint density at radius 1 is 1.09 bits per heavy atom. The fraction of sp³-hybridized carbons (Fsp3) is 0.219. The van der Waals surface area contributed by atoms with Crippen molar-refractivity contribution in [2.75, 3.05) is 19.4 Å². The topological polar surface area (TPSA) is 110 Å². The van der Waals surface area contributed by atoms with Crippen molar-refractivity contribution in [3.05, 3.63) is 111 Å². The molecule has 46 heavy (non-hydrogen) atoms. The van der Waals surface area contributed by atoms with Crippen molar-refractivity contribution in [1.82, 2.24) is 10.3 Å². The highest BCUT2D eigenvalue weighted by Gasteiger charge is 2.34. The third-order valence-corrected chi connectivity index (χ3v) is 7.25. The first-order valence-corrected chi connectivity index (χ1v) is 13.9. The van der Waals surface area contributed by atoms with E-state index in [2.05, 4.69) is 15.3 Å². The van der Waals surface area contributed by atoms with E-state index in [4.69, 9.17) is 22.1 Å². The Balaban J connectivity index is 1.86. The summed E-state index contributed by atoms with van der Waals surface area (Å²) >= 11 is 5.84. The molecule has 0 aliphatic heterocycles. The molecule has 0 aliphatic carbocycles. The molecule has 7 nitrogen and oxygen atoms in total. The number of aromatic nitrogens is 1. The van der Waals surface area contributed by atoms with E-state index >= 15 is 8.78 Å². The van der Waals surface area contributed by atoms with Gasteiger partial charge in [0.2, 0.25) is 0 Å². The number of carbonyl (C=O) groups excluding carboxylic acids is 1. The van der Waals surface area contributed by atoms with Gasteiger partial charge in [0, 0.05) is 41.4 Å². The summed E-state index contributed by atoms with van der Waals surface area (Å²) in [5.41, 5.74) is 1.31. The van der Waals surface area contributed by atoms with Crippen molar-refractivity contribution in [2.45, 2.75) is 31.9 Å². The average Bonchev–Trinajstić information content (AvgIpc) is 2.99. The molecule has 1 aromatic heterocycles. The number of alkyl halides is 2. The van der Waals surface area contributed by atoms with Gasteiger partial charge in [-0.25, -0.2) is 27.5 Å². The molecule has 0 aliphatic rings. The third kappa shape index (κ3) is 7.26. The second-order valence-electron chi connectivity index (χ2n) is 10.6. The predicted octanol–water partition coefficient (Wildman–Crippen LogP) is 6.98. The van der Waals surface area contributed by atoms with Gasteiger partial charge in [-0.1, -0.05) is 41.9 Å². The lowest BCUT2D eigenvalue weighted by Gasteiger charge is -2.26. The lowest BCUT2D eigenvalue weighted by atomic mass is 9.88. The van der Waals surface area contributed by atoms with Gasteiger partial charge in [-0.05, 0) is 37.6 Å². The van der Waals surface area contributed by atoms with Crippen LogP contribution in [0.25, 0.3) is 11.3 Å². The standard InChI is InChI=1S/C32H27ClF6N4O3/c1-32(2,45)24-25(36)28(18-11-20(33)22(35)12-21(18)34)43-29(26(24)37)19(15-7-5-4-6-8-15)14-41-30(44)16-9-17(13-42-31(38)39)27(40)23(10-16)46-3/h4-13,19,31,45H,14,40H2,1-3H3,(H,41,44)/b42-13+. The van der Waals surface area contributed by atoms with E-state index in [0.29, 0.717) is 11.6 Å². The van der Waals surface area contributed by atoms with Crippen LogP contribution in [0.2, 0.25) is 5.02 Å². The highest BCUT2D eigenvalue weighted by molar-refractivity contribution is 6.31. The van der Waals surface area contributed by atoms with Crippen molar-refractivity contribution in [3.63, 3.8) is 0 Å². The molecule has 0 radical (unpaired) electrons. The Morgan fingerprint density at radius 3 is 2.37 bits per heavy atom. The summed E-state index contributed by atoms with van der Waals surface area (Å²) in [6, 6.07) is 11.7. The summed E-state index contributed by atoms with van der Waals surface area (Å²) < 4.78 is 91.6. The number of aliphatic hydroxyl groups is 1. The normalized spacial score (nSPS) is 12.5. The Kier molecular flexibility index (Phi) is 10.3. The van der Waals surface area contributed by atoms with E-state index in [0.717, 1.165) is 26.1 Å². The van der Waals surface area contributed by atoms with Crippen molar-refractivity contribution in [2.24, 2.45) is 4.99 Å². The molecule has 4 rings (SSSR count). The number of hydrogen-bond donors (Lipinski definition) is 3. The van der Waals surface area contributed by atoms with E-state index in [1.54, 1.807) is 30.3 Å². The summed E-state index contributed by atoms with van der Waals surface area (Å²) in [5, 5.41) is 12.8. The molecule has 1 amide bonds. The van der Waals surface area contributed by atoms with Gasteiger partial charge in [-0.15, -0.1) is 0 Å². The predicted molar refractivity (Wildman–Crippen MR) is 161 cm³/mol. The number of pyridine rings is 1. The molecule has 0 bridgehead atoms. The lowest BCUT2D eigenvalue weighted by Crippen LogP contribution is -2.31. The molecule has 4 aromatic rings. The van der Waals surface area contributed by atoms with Gasteiger partial charge in [-0.2, -0.15) is 8.78 Å². The largest absolute Gasteiger partial charge is 0.495 e. The number of nitrogens with one attached hydrogen (secondary N) is 1. The number of hydrogen-bond acceptors (Lipinski definition) is 6. The van der Waals surface area contributed by atoms with Crippen molar-refractivity contribution in [3.8, 4) is 17.0 Å². The van der Waals surface area contributed by atoms with E-state index in [1.807, 2.05) is 0 Å². The number of nitrogens with zero attached hydrogens (tertiary/aromatic N) is 2. The maximum atomic E-state index is 16.2. The monoisotopic (exact) mass is 664 g/mol. The van der Waals surface area contributed by atoms with Crippen LogP contribution in [0.4, 0.5) is 32.0 Å². The highest BCUT2D eigenvalue weighted by atomic mass is 35.5. The molecule has 3 aromatic carbocycles. The molecule has 4 N–H and O–H groups in total. The molecule has 1 heterocycles. The van der Waals surface area contributed by atoms with Gasteiger partial charge in [-0.3, -0.25) is 4.79 Å². The molecule has 1 atom stereocenters. The minimum absolute atomic E-state index is 0.00586. The molecule has 242 valence electrons. The molecule has 0 spiro atoms. The van der Waals surface area contributed by atoms with Gasteiger partial charge >= 0.3 is 6.55 Å². The van der Waals surface area contributed by atoms with Crippen LogP contribution in [0, 0.1) is 23.3 Å². The van der Waals surface area contributed by atoms with Crippen LogP contribution < -0.4 is 15.8 Å². The third-order valence-electron chi connectivity index (χ3n) is 6.96. The van der Waals surface area contributed by atoms with Crippen LogP contribution in [0.5, 0.6) is 5.75 Å². The summed E-state index contributed by atoms with van der Waals surface area (Å²) in [4.78, 5) is 20.4. The van der Waals surface area contributed by atoms with E-state index in [-0.39, 0.29) is 29.1 Å². The zero-order valence-corrected chi connectivity index (χ0v) is 25.3. The Labute approximate surface area is 264 Å². The summed E-state index contributed by atoms with van der Waals surface area (Å²) in [6.07, 6.45) is 0.782. The van der Waals surface area contributed by atoms with Crippen LogP contribution in [0.1, 0.15) is 52.5 Å². The number of methoxy groups -OCH3 is 1. The molecule has 0 saturated carbocycles. The first-order chi connectivity index (χ1) is 21.6. The summed E-state index contributed by atoms with van der Waals surface area (Å²) in [6.45, 7) is -1.20. The first-order valence-electron chi connectivity index (χ1n) is 13.5. The fourth-order valence-electron chi connectivity index (χ4n) is 4.76. The fourth-order valence-corrected chi connectivity index (χ4v) is 4.92. The number of ether oxygens (including phenoxy) is 1. The molecule has 14 heteroatoms. The Hall–Kier alpha value is -4.62. The number of anilines is 1. The maximum Gasteiger partial charge on any atom is 0.331 e. The second kappa shape index (κ2) is 13.8. The first kappa shape index (κ1) is 34.3. The zero-order chi connectivity index (χ0) is 33.9. The molecule has 1 unspecified atom stereocenters. The van der Waals surface area contributed by atoms with E-state index < -0.39 is 74.8 Å². The van der Waals surface area contributed by atoms with Crippen LogP contribution in [-0.2, 0) is 5.60 Å². The van der Waals surface area contributed by atoms with Crippen LogP contribution in [0.15, 0.2) is 59.6 Å². The van der Waals surface area contributed by atoms with Crippen LogP contribution in [0.3, 0.4) is 0 Å². The van der Waals surface area contributed by atoms with Crippen molar-refractivity contribution < 1.29 is 41.0 Å². The SMILES string of the molecule is COc1cc(C(=O)NCC(c2ccccc2)c2nc(-c3cc(Cl)c(F)cc3F)c(F)c(C(C)(C)O)c2F)cc(/C=N/C(F)F)c1N. The van der Waals surface area contributed by atoms with Crippen LogP contribution in [-0.4, -0.2) is 42.4 Å². The Morgan fingerprint density at radius 2 is 1.76 bits per heavy atom. The number of carbonyl (C=O) groups is 1. The quantitative estimate of drug-likeness (QED) is 0.0557. The average molecular weight is 665 g/mol. The van der Waals surface area contributed by atoms with E-state index in [1.165, 1.54) is 19.2 Å². The maximum absolute atomic E-state index is 16.2. The molecular weight excluding hydrogens is 638 g/mol. The van der Waals surface area contributed by atoms with E-state index in [9.17, 15) is 27.5 Å². The number of nitrogen functional groups attached to an aromatic ring is 1. The van der Waals surface area contributed by atoms with Gasteiger partial charge in [0.15, 0.2) is 11.6 Å². The van der Waals surface area contributed by atoms with Gasteiger partial charge in [0.25, 0.3) is 5.91 Å². The van der Waals surface area contributed by atoms with Gasteiger partial charge < -0.3 is 20.9 Å². The van der Waals surface area contributed by atoms with Crippen molar-refractivity contribution in [1.29, 1.82) is 0 Å². The minimum Gasteiger partial charge on any atom is -0.495 e. The van der Waals surface area contributed by atoms with Gasteiger partial charge in [0.1, 0.15) is 23.1 Å². The van der Waals surface area contributed by atoms with Crippen LogP contribution >= 0.6 is 11.6 Å². The molecule has 0 fully saturated rings. The number of halogens is 7. The number of aliphatic imine (C=N–C) groups is 1. The molecular formula is C32H27ClF6N4O3. The van der Waals surface area contributed by atoms with Gasteiger partial charge in [0.05, 0.1) is 34.7 Å².